The first-order chi connectivity index (χ1) is 10.9. The lowest BCUT2D eigenvalue weighted by Crippen LogP contribution is -2.22. The summed E-state index contributed by atoms with van der Waals surface area (Å²) in [7, 11) is 0. The van der Waals surface area contributed by atoms with Gasteiger partial charge in [-0.05, 0) is 18.2 Å². The minimum Gasteiger partial charge on any atom is -0.371 e. The van der Waals surface area contributed by atoms with Gasteiger partial charge in [0.05, 0.1) is 25.1 Å². The molecule has 4 heteroatoms. The fraction of sp³-hybridized carbons (Fsp3) is 0.167. The Balaban J connectivity index is 1.62. The lowest BCUT2D eigenvalue weighted by atomic mass is 10.2. The van der Waals surface area contributed by atoms with E-state index in [2.05, 4.69) is 41.8 Å². The Morgan fingerprint density at radius 3 is 2.73 bits per heavy atom. The van der Waals surface area contributed by atoms with Gasteiger partial charge in [0.15, 0.2) is 0 Å². The van der Waals surface area contributed by atoms with E-state index >= 15 is 0 Å². The van der Waals surface area contributed by atoms with Crippen LogP contribution in [0.1, 0.15) is 5.56 Å². The van der Waals surface area contributed by atoms with Crippen LogP contribution in [0.5, 0.6) is 0 Å². The highest BCUT2D eigenvalue weighted by atomic mass is 32.1. The molecular formula is C18H16N2OS. The number of benzene rings is 2. The van der Waals surface area contributed by atoms with Crippen LogP contribution in [0, 0.1) is 0 Å². The minimum absolute atomic E-state index is 0.302. The van der Waals surface area contributed by atoms with Gasteiger partial charge in [-0.25, -0.2) is 0 Å². The number of hydrazone groups is 1. The summed E-state index contributed by atoms with van der Waals surface area (Å²) in [5, 5.41) is 10.1. The molecule has 1 aliphatic rings. The quantitative estimate of drug-likeness (QED) is 0.402. The third-order valence-corrected chi connectivity index (χ3v) is 4.66. The number of hydrogen-bond acceptors (Lipinski definition) is 4. The number of epoxide rings is 1. The van der Waals surface area contributed by atoms with Crippen LogP contribution in [0.2, 0.25) is 0 Å². The van der Waals surface area contributed by atoms with Crippen molar-refractivity contribution < 1.29 is 4.74 Å². The van der Waals surface area contributed by atoms with Crippen molar-refractivity contribution in [3.8, 4) is 0 Å². The van der Waals surface area contributed by atoms with Gasteiger partial charge >= 0.3 is 0 Å². The fourth-order valence-electron chi connectivity index (χ4n) is 2.42. The number of thiophene rings is 1. The molecule has 1 aliphatic heterocycles. The van der Waals surface area contributed by atoms with Crippen molar-refractivity contribution in [1.29, 1.82) is 0 Å². The molecule has 0 radical (unpaired) electrons. The molecule has 0 amide bonds. The molecule has 1 aromatic heterocycles. The Morgan fingerprint density at radius 2 is 1.91 bits per heavy atom. The lowest BCUT2D eigenvalue weighted by molar-refractivity contribution is 0.408. The Bertz CT molecular complexity index is 793. The normalized spacial score (nSPS) is 17.2. The van der Waals surface area contributed by atoms with Crippen LogP contribution >= 0.6 is 11.3 Å². The van der Waals surface area contributed by atoms with Gasteiger partial charge < -0.3 is 4.74 Å². The van der Waals surface area contributed by atoms with Crippen LogP contribution in [-0.4, -0.2) is 25.5 Å². The Morgan fingerprint density at radius 1 is 1.14 bits per heavy atom. The molecule has 1 saturated heterocycles. The highest BCUT2D eigenvalue weighted by Gasteiger charge is 2.25. The molecule has 2 heterocycles. The van der Waals surface area contributed by atoms with Crippen molar-refractivity contribution in [2.75, 3.05) is 18.2 Å². The summed E-state index contributed by atoms with van der Waals surface area (Å²) in [5.41, 5.74) is 2.26. The molecule has 22 heavy (non-hydrogen) atoms. The average molecular weight is 308 g/mol. The second kappa shape index (κ2) is 5.91. The van der Waals surface area contributed by atoms with E-state index in [1.165, 1.54) is 15.6 Å². The van der Waals surface area contributed by atoms with E-state index < -0.39 is 0 Å². The van der Waals surface area contributed by atoms with Crippen molar-refractivity contribution in [2.24, 2.45) is 5.10 Å². The van der Waals surface area contributed by atoms with Crippen LogP contribution in [0.3, 0.4) is 0 Å². The minimum atomic E-state index is 0.302. The molecule has 0 spiro atoms. The third kappa shape index (κ3) is 2.89. The van der Waals surface area contributed by atoms with E-state index in [-0.39, 0.29) is 0 Å². The van der Waals surface area contributed by atoms with Gasteiger partial charge in [0.2, 0.25) is 0 Å². The van der Waals surface area contributed by atoms with Gasteiger partial charge in [-0.2, -0.15) is 5.10 Å². The smallest absolute Gasteiger partial charge is 0.101 e. The molecular weight excluding hydrogens is 292 g/mol. The fourth-order valence-corrected chi connectivity index (χ4v) is 3.33. The third-order valence-electron chi connectivity index (χ3n) is 3.68. The van der Waals surface area contributed by atoms with Crippen molar-refractivity contribution in [3.05, 3.63) is 65.5 Å². The van der Waals surface area contributed by atoms with Crippen molar-refractivity contribution in [2.45, 2.75) is 6.10 Å². The zero-order chi connectivity index (χ0) is 14.8. The largest absolute Gasteiger partial charge is 0.371 e. The predicted octanol–water partition coefficient (Wildman–Crippen LogP) is 4.14. The summed E-state index contributed by atoms with van der Waals surface area (Å²) < 4.78 is 6.65. The number of fused-ring (bicyclic) bond motifs is 1. The Kier molecular flexibility index (Phi) is 3.62. The van der Waals surface area contributed by atoms with Crippen molar-refractivity contribution in [1.82, 2.24) is 0 Å². The van der Waals surface area contributed by atoms with Crippen molar-refractivity contribution >= 4 is 33.3 Å². The van der Waals surface area contributed by atoms with Gasteiger partial charge in [0.25, 0.3) is 0 Å². The SMILES string of the molecule is C(=N\N(CC1CO1)c1ccccc1)/c1csc2ccccc12. The van der Waals surface area contributed by atoms with Gasteiger partial charge in [-0.1, -0.05) is 36.4 Å². The predicted molar refractivity (Wildman–Crippen MR) is 92.9 cm³/mol. The van der Waals surface area contributed by atoms with Crippen LogP contribution < -0.4 is 5.01 Å². The molecule has 0 saturated carbocycles. The average Bonchev–Trinajstić information content (AvgIpc) is 3.30. The molecule has 0 bridgehead atoms. The molecule has 1 fully saturated rings. The van der Waals surface area contributed by atoms with Crippen LogP contribution in [0.25, 0.3) is 10.1 Å². The van der Waals surface area contributed by atoms with E-state index in [4.69, 9.17) is 9.84 Å². The van der Waals surface area contributed by atoms with Gasteiger partial charge in [-0.3, -0.25) is 5.01 Å². The molecule has 110 valence electrons. The monoisotopic (exact) mass is 308 g/mol. The highest BCUT2D eigenvalue weighted by molar-refractivity contribution is 7.17. The first kappa shape index (κ1) is 13.5. The maximum atomic E-state index is 5.35. The number of ether oxygens (including phenoxy) is 1. The molecule has 1 atom stereocenters. The molecule has 1 unspecified atom stereocenters. The number of anilines is 1. The second-order valence-corrected chi connectivity index (χ2v) is 6.22. The number of hydrogen-bond donors (Lipinski definition) is 0. The summed E-state index contributed by atoms with van der Waals surface area (Å²) in [6.45, 7) is 1.63. The topological polar surface area (TPSA) is 28.1 Å². The van der Waals surface area contributed by atoms with Crippen LogP contribution in [0.4, 0.5) is 5.69 Å². The summed E-state index contributed by atoms with van der Waals surface area (Å²) >= 11 is 1.75. The maximum absolute atomic E-state index is 5.35. The molecule has 0 N–H and O–H groups in total. The summed E-state index contributed by atoms with van der Waals surface area (Å²) in [6.07, 6.45) is 2.25. The number of rotatable bonds is 5. The van der Waals surface area contributed by atoms with Crippen LogP contribution in [-0.2, 0) is 4.74 Å². The zero-order valence-corrected chi connectivity index (χ0v) is 12.9. The Labute approximate surface area is 133 Å². The van der Waals surface area contributed by atoms with Crippen molar-refractivity contribution in [3.63, 3.8) is 0 Å². The van der Waals surface area contributed by atoms with E-state index in [9.17, 15) is 0 Å². The number of para-hydroxylation sites is 1. The highest BCUT2D eigenvalue weighted by Crippen LogP contribution is 2.25. The standard InChI is InChI=1S/C18H16N2OS/c1-2-6-15(7-3-1)20(11-16-12-21-16)19-10-14-13-22-18-9-5-4-8-17(14)18/h1-10,13,16H,11-12H2/b19-10+. The van der Waals surface area contributed by atoms with Gasteiger partial charge in [0, 0.05) is 21.0 Å². The van der Waals surface area contributed by atoms with Crippen LogP contribution in [0.15, 0.2) is 65.1 Å². The first-order valence-electron chi connectivity index (χ1n) is 7.34. The zero-order valence-electron chi connectivity index (χ0n) is 12.1. The first-order valence-corrected chi connectivity index (χ1v) is 8.22. The molecule has 3 aromatic rings. The summed E-state index contributed by atoms with van der Waals surface area (Å²) in [6, 6.07) is 18.7. The van der Waals surface area contributed by atoms with E-state index in [1.807, 2.05) is 29.4 Å². The molecule has 3 nitrogen and oxygen atoms in total. The second-order valence-electron chi connectivity index (χ2n) is 5.30. The van der Waals surface area contributed by atoms with Gasteiger partial charge in [0.1, 0.15) is 6.10 Å². The molecule has 2 aromatic carbocycles. The maximum Gasteiger partial charge on any atom is 0.101 e. The van der Waals surface area contributed by atoms with E-state index in [0.717, 1.165) is 18.8 Å². The number of nitrogens with zero attached hydrogens (tertiary/aromatic N) is 2. The molecule has 4 rings (SSSR count). The summed E-state index contributed by atoms with van der Waals surface area (Å²) in [5.74, 6) is 0. The van der Waals surface area contributed by atoms with Gasteiger partial charge in [-0.15, -0.1) is 11.3 Å². The van der Waals surface area contributed by atoms with E-state index in [1.54, 1.807) is 11.3 Å². The summed E-state index contributed by atoms with van der Waals surface area (Å²) in [4.78, 5) is 0. The lowest BCUT2D eigenvalue weighted by Gasteiger charge is -2.17. The molecule has 0 aliphatic carbocycles. The van der Waals surface area contributed by atoms with E-state index in [0.29, 0.717) is 6.10 Å². The Hall–Kier alpha value is -2.17.